The predicted octanol–water partition coefficient (Wildman–Crippen LogP) is 2.25. The van der Waals surface area contributed by atoms with Crippen LogP contribution in [0.1, 0.15) is 38.7 Å². The summed E-state index contributed by atoms with van der Waals surface area (Å²) in [6, 6.07) is 10.3. The lowest BCUT2D eigenvalue weighted by molar-refractivity contribution is -0.126. The SMILES string of the molecule is CCC(N)(CC)C(=O)NCCCc1ccccc1. The van der Waals surface area contributed by atoms with Crippen LogP contribution < -0.4 is 11.1 Å². The lowest BCUT2D eigenvalue weighted by Gasteiger charge is -2.25. The van der Waals surface area contributed by atoms with Gasteiger partial charge in [-0.25, -0.2) is 0 Å². The van der Waals surface area contributed by atoms with Crippen LogP contribution in [0, 0.1) is 0 Å². The molecule has 1 rings (SSSR count). The minimum Gasteiger partial charge on any atom is -0.354 e. The van der Waals surface area contributed by atoms with Crippen molar-refractivity contribution in [2.45, 2.75) is 45.1 Å². The molecule has 0 aliphatic heterocycles. The van der Waals surface area contributed by atoms with E-state index in [9.17, 15) is 4.79 Å². The monoisotopic (exact) mass is 248 g/mol. The summed E-state index contributed by atoms with van der Waals surface area (Å²) in [5, 5.41) is 2.93. The molecule has 0 radical (unpaired) electrons. The molecule has 0 bridgehead atoms. The van der Waals surface area contributed by atoms with E-state index in [2.05, 4.69) is 17.4 Å². The third-order valence-electron chi connectivity index (χ3n) is 3.48. The van der Waals surface area contributed by atoms with Gasteiger partial charge in [-0.2, -0.15) is 0 Å². The molecule has 1 aromatic rings. The Hall–Kier alpha value is -1.35. The highest BCUT2D eigenvalue weighted by Gasteiger charge is 2.29. The van der Waals surface area contributed by atoms with E-state index in [4.69, 9.17) is 5.73 Å². The van der Waals surface area contributed by atoms with Gasteiger partial charge in [0, 0.05) is 6.54 Å². The fraction of sp³-hybridized carbons (Fsp3) is 0.533. The number of carbonyl (C=O) groups is 1. The van der Waals surface area contributed by atoms with Crippen LogP contribution in [0.2, 0.25) is 0 Å². The zero-order chi connectivity index (χ0) is 13.4. The van der Waals surface area contributed by atoms with Crippen molar-refractivity contribution < 1.29 is 4.79 Å². The van der Waals surface area contributed by atoms with Crippen LogP contribution in [0.3, 0.4) is 0 Å². The van der Waals surface area contributed by atoms with Gasteiger partial charge < -0.3 is 11.1 Å². The average molecular weight is 248 g/mol. The highest BCUT2D eigenvalue weighted by molar-refractivity contribution is 5.85. The molecule has 0 heterocycles. The Morgan fingerprint density at radius 1 is 1.22 bits per heavy atom. The maximum absolute atomic E-state index is 11.9. The molecule has 0 aliphatic rings. The number of benzene rings is 1. The van der Waals surface area contributed by atoms with E-state index in [0.717, 1.165) is 12.8 Å². The van der Waals surface area contributed by atoms with Crippen molar-refractivity contribution in [3.8, 4) is 0 Å². The molecule has 0 saturated carbocycles. The molecule has 3 heteroatoms. The Morgan fingerprint density at radius 3 is 2.39 bits per heavy atom. The summed E-state index contributed by atoms with van der Waals surface area (Å²) in [4.78, 5) is 11.9. The molecule has 18 heavy (non-hydrogen) atoms. The van der Waals surface area contributed by atoms with Crippen LogP contribution >= 0.6 is 0 Å². The van der Waals surface area contributed by atoms with Crippen molar-refractivity contribution in [3.05, 3.63) is 35.9 Å². The van der Waals surface area contributed by atoms with Gasteiger partial charge in [-0.05, 0) is 31.2 Å². The quantitative estimate of drug-likeness (QED) is 0.727. The smallest absolute Gasteiger partial charge is 0.240 e. The standard InChI is InChI=1S/C15H24N2O/c1-3-15(16,4-2)14(18)17-12-8-11-13-9-6-5-7-10-13/h5-7,9-10H,3-4,8,11-12,16H2,1-2H3,(H,17,18). The molecule has 0 unspecified atom stereocenters. The highest BCUT2D eigenvalue weighted by Crippen LogP contribution is 2.11. The van der Waals surface area contributed by atoms with Gasteiger partial charge >= 0.3 is 0 Å². The summed E-state index contributed by atoms with van der Waals surface area (Å²) in [5.74, 6) is -0.0273. The van der Waals surface area contributed by atoms with Gasteiger partial charge in [0.1, 0.15) is 0 Å². The molecule has 1 amide bonds. The lowest BCUT2D eigenvalue weighted by atomic mass is 9.93. The number of rotatable bonds is 7. The second-order valence-electron chi connectivity index (χ2n) is 4.71. The van der Waals surface area contributed by atoms with Crippen molar-refractivity contribution >= 4 is 5.91 Å². The van der Waals surface area contributed by atoms with E-state index in [1.807, 2.05) is 32.0 Å². The second kappa shape index (κ2) is 7.17. The molecule has 0 atom stereocenters. The fourth-order valence-corrected chi connectivity index (χ4v) is 1.89. The molecule has 100 valence electrons. The van der Waals surface area contributed by atoms with Crippen molar-refractivity contribution in [1.82, 2.24) is 5.32 Å². The van der Waals surface area contributed by atoms with E-state index in [1.165, 1.54) is 5.56 Å². The fourth-order valence-electron chi connectivity index (χ4n) is 1.89. The number of nitrogens with two attached hydrogens (primary N) is 1. The normalized spacial score (nSPS) is 11.3. The van der Waals surface area contributed by atoms with E-state index in [-0.39, 0.29) is 5.91 Å². The molecule has 0 spiro atoms. The Morgan fingerprint density at radius 2 is 1.83 bits per heavy atom. The van der Waals surface area contributed by atoms with Crippen LogP contribution in [0.4, 0.5) is 0 Å². The van der Waals surface area contributed by atoms with E-state index >= 15 is 0 Å². The van der Waals surface area contributed by atoms with Crippen LogP contribution in [0.15, 0.2) is 30.3 Å². The molecular formula is C15H24N2O. The molecule has 0 fully saturated rings. The van der Waals surface area contributed by atoms with Gasteiger partial charge in [-0.3, -0.25) is 4.79 Å². The molecule has 3 N–H and O–H groups in total. The number of nitrogens with one attached hydrogen (secondary N) is 1. The molecule has 0 saturated heterocycles. The first-order valence-electron chi connectivity index (χ1n) is 6.73. The first kappa shape index (κ1) is 14.7. The Bertz CT molecular complexity index is 358. The predicted molar refractivity (Wildman–Crippen MR) is 75.3 cm³/mol. The van der Waals surface area contributed by atoms with E-state index < -0.39 is 5.54 Å². The van der Waals surface area contributed by atoms with Gasteiger partial charge in [-0.15, -0.1) is 0 Å². The minimum absolute atomic E-state index is 0.0273. The Kier molecular flexibility index (Phi) is 5.86. The zero-order valence-electron chi connectivity index (χ0n) is 11.4. The minimum atomic E-state index is -0.702. The highest BCUT2D eigenvalue weighted by atomic mass is 16.2. The number of hydrogen-bond donors (Lipinski definition) is 2. The van der Waals surface area contributed by atoms with E-state index in [0.29, 0.717) is 19.4 Å². The Labute approximate surface area is 110 Å². The topological polar surface area (TPSA) is 55.1 Å². The summed E-state index contributed by atoms with van der Waals surface area (Å²) < 4.78 is 0. The maximum atomic E-state index is 11.9. The number of carbonyl (C=O) groups excluding carboxylic acids is 1. The molecular weight excluding hydrogens is 224 g/mol. The van der Waals surface area contributed by atoms with Crippen molar-refractivity contribution in [2.75, 3.05) is 6.54 Å². The number of amides is 1. The summed E-state index contributed by atoms with van der Waals surface area (Å²) in [7, 11) is 0. The molecule has 3 nitrogen and oxygen atoms in total. The lowest BCUT2D eigenvalue weighted by Crippen LogP contribution is -2.53. The summed E-state index contributed by atoms with van der Waals surface area (Å²) in [6.07, 6.45) is 3.28. The molecule has 0 aromatic heterocycles. The van der Waals surface area contributed by atoms with Gasteiger partial charge in [0.2, 0.25) is 5.91 Å². The zero-order valence-corrected chi connectivity index (χ0v) is 11.4. The number of aryl methyl sites for hydroxylation is 1. The Balaban J connectivity index is 2.28. The maximum Gasteiger partial charge on any atom is 0.240 e. The van der Waals surface area contributed by atoms with Crippen molar-refractivity contribution in [2.24, 2.45) is 5.73 Å². The first-order valence-corrected chi connectivity index (χ1v) is 6.73. The van der Waals surface area contributed by atoms with Crippen LogP contribution in [-0.4, -0.2) is 18.0 Å². The summed E-state index contributed by atoms with van der Waals surface area (Å²) in [5.41, 5.74) is 6.62. The average Bonchev–Trinajstić information content (AvgIpc) is 2.43. The molecule has 0 aliphatic carbocycles. The number of hydrogen-bond acceptors (Lipinski definition) is 2. The van der Waals surface area contributed by atoms with Crippen molar-refractivity contribution in [3.63, 3.8) is 0 Å². The largest absolute Gasteiger partial charge is 0.354 e. The van der Waals surface area contributed by atoms with Crippen molar-refractivity contribution in [1.29, 1.82) is 0 Å². The van der Waals surface area contributed by atoms with Crippen LogP contribution in [0.5, 0.6) is 0 Å². The summed E-state index contributed by atoms with van der Waals surface area (Å²) in [6.45, 7) is 4.59. The van der Waals surface area contributed by atoms with E-state index in [1.54, 1.807) is 0 Å². The van der Waals surface area contributed by atoms with Gasteiger partial charge in [-0.1, -0.05) is 44.2 Å². The van der Waals surface area contributed by atoms with Crippen LogP contribution in [-0.2, 0) is 11.2 Å². The third-order valence-corrected chi connectivity index (χ3v) is 3.48. The van der Waals surface area contributed by atoms with Gasteiger partial charge in [0.25, 0.3) is 0 Å². The van der Waals surface area contributed by atoms with Crippen LogP contribution in [0.25, 0.3) is 0 Å². The first-order chi connectivity index (χ1) is 8.62. The van der Waals surface area contributed by atoms with Gasteiger partial charge in [0.05, 0.1) is 5.54 Å². The third kappa shape index (κ3) is 4.15. The molecule has 1 aromatic carbocycles. The second-order valence-corrected chi connectivity index (χ2v) is 4.71. The summed E-state index contributed by atoms with van der Waals surface area (Å²) >= 11 is 0. The van der Waals surface area contributed by atoms with Gasteiger partial charge in [0.15, 0.2) is 0 Å².